The van der Waals surface area contributed by atoms with E-state index in [-0.39, 0.29) is 17.9 Å². The van der Waals surface area contributed by atoms with Gasteiger partial charge in [0.15, 0.2) is 0 Å². The van der Waals surface area contributed by atoms with Gasteiger partial charge in [-0.1, -0.05) is 36.4 Å². The van der Waals surface area contributed by atoms with Gasteiger partial charge in [0, 0.05) is 44.5 Å². The molecule has 4 rings (SSSR count). The second-order valence-corrected chi connectivity index (χ2v) is 8.22. The number of urea groups is 1. The van der Waals surface area contributed by atoms with E-state index in [9.17, 15) is 9.59 Å². The number of amides is 3. The fourth-order valence-corrected chi connectivity index (χ4v) is 4.21. The average molecular weight is 423 g/mol. The van der Waals surface area contributed by atoms with Crippen LogP contribution in [0, 0.1) is 5.92 Å². The number of nitrogens with zero attached hydrogens (tertiary/aromatic N) is 3. The summed E-state index contributed by atoms with van der Waals surface area (Å²) in [5.74, 6) is 0.337. The first-order chi connectivity index (χ1) is 15.2. The van der Waals surface area contributed by atoms with E-state index in [1.54, 1.807) is 6.20 Å². The third-order valence-corrected chi connectivity index (χ3v) is 5.96. The summed E-state index contributed by atoms with van der Waals surface area (Å²) in [5, 5.41) is 3.03. The summed E-state index contributed by atoms with van der Waals surface area (Å²) in [6, 6.07) is 13.8. The van der Waals surface area contributed by atoms with Gasteiger partial charge in [-0.05, 0) is 37.3 Å². The van der Waals surface area contributed by atoms with E-state index in [1.807, 2.05) is 52.3 Å². The minimum atomic E-state index is -0.175. The molecule has 1 aromatic carbocycles. The Morgan fingerprint density at radius 2 is 1.77 bits per heavy atom. The lowest BCUT2D eigenvalue weighted by Crippen LogP contribution is -2.49. The van der Waals surface area contributed by atoms with E-state index in [4.69, 9.17) is 4.74 Å². The maximum absolute atomic E-state index is 12.8. The lowest BCUT2D eigenvalue weighted by atomic mass is 9.97. The van der Waals surface area contributed by atoms with Crippen LogP contribution in [-0.4, -0.2) is 52.9 Å². The standard InChI is InChI=1S/C24H30N4O3/c29-22(21-11-7-15-28(17-21)24(30)27-13-4-5-14-27)26-16-20-10-6-12-25-23(20)31-18-19-8-2-1-3-9-19/h1-3,6,8-10,12,21H,4-5,7,11,13-18H2,(H,26,29). The zero-order valence-electron chi connectivity index (χ0n) is 17.8. The molecule has 2 saturated heterocycles. The molecule has 7 heteroatoms. The van der Waals surface area contributed by atoms with Crippen LogP contribution in [0.25, 0.3) is 0 Å². The number of hydrogen-bond acceptors (Lipinski definition) is 4. The Labute approximate surface area is 183 Å². The van der Waals surface area contributed by atoms with Crippen LogP contribution in [0.1, 0.15) is 36.8 Å². The van der Waals surface area contributed by atoms with Crippen LogP contribution in [0.4, 0.5) is 4.79 Å². The molecule has 164 valence electrons. The minimum Gasteiger partial charge on any atom is -0.473 e. The number of piperidine rings is 1. The molecule has 1 unspecified atom stereocenters. The van der Waals surface area contributed by atoms with Gasteiger partial charge in [0.25, 0.3) is 0 Å². The Hall–Kier alpha value is -3.09. The molecule has 31 heavy (non-hydrogen) atoms. The van der Waals surface area contributed by atoms with Crippen molar-refractivity contribution in [2.75, 3.05) is 26.2 Å². The number of nitrogens with one attached hydrogen (secondary N) is 1. The predicted molar refractivity (Wildman–Crippen MR) is 117 cm³/mol. The van der Waals surface area contributed by atoms with Crippen LogP contribution in [0.5, 0.6) is 5.88 Å². The third-order valence-electron chi connectivity index (χ3n) is 5.96. The smallest absolute Gasteiger partial charge is 0.320 e. The maximum Gasteiger partial charge on any atom is 0.320 e. The second-order valence-electron chi connectivity index (χ2n) is 8.22. The Morgan fingerprint density at radius 3 is 2.58 bits per heavy atom. The SMILES string of the molecule is O=C(NCc1cccnc1OCc1ccccc1)C1CCCN(C(=O)N2CCCC2)C1. The van der Waals surface area contributed by atoms with Crippen LogP contribution in [0.3, 0.4) is 0 Å². The van der Waals surface area contributed by atoms with Gasteiger partial charge in [-0.3, -0.25) is 4.79 Å². The van der Waals surface area contributed by atoms with Gasteiger partial charge in [0.2, 0.25) is 11.8 Å². The molecule has 7 nitrogen and oxygen atoms in total. The van der Waals surface area contributed by atoms with Crippen LogP contribution in [-0.2, 0) is 17.9 Å². The van der Waals surface area contributed by atoms with Crippen molar-refractivity contribution in [3.63, 3.8) is 0 Å². The minimum absolute atomic E-state index is 0.0169. The van der Waals surface area contributed by atoms with E-state index >= 15 is 0 Å². The van der Waals surface area contributed by atoms with E-state index in [0.717, 1.165) is 56.4 Å². The Morgan fingerprint density at radius 1 is 1.00 bits per heavy atom. The van der Waals surface area contributed by atoms with Crippen molar-refractivity contribution in [3.8, 4) is 5.88 Å². The summed E-state index contributed by atoms with van der Waals surface area (Å²) in [6.45, 7) is 3.67. The molecule has 3 heterocycles. The van der Waals surface area contributed by atoms with Gasteiger partial charge in [-0.25, -0.2) is 9.78 Å². The molecule has 0 spiro atoms. The molecular formula is C24H30N4O3. The summed E-state index contributed by atoms with van der Waals surface area (Å²) in [4.78, 5) is 33.6. The number of benzene rings is 1. The zero-order chi connectivity index (χ0) is 21.5. The summed E-state index contributed by atoms with van der Waals surface area (Å²) in [5.41, 5.74) is 1.90. The summed E-state index contributed by atoms with van der Waals surface area (Å²) in [7, 11) is 0. The highest BCUT2D eigenvalue weighted by Crippen LogP contribution is 2.21. The van der Waals surface area contributed by atoms with Crippen molar-refractivity contribution >= 4 is 11.9 Å². The molecule has 0 bridgehead atoms. The molecule has 2 aliphatic heterocycles. The van der Waals surface area contributed by atoms with Crippen LogP contribution >= 0.6 is 0 Å². The molecule has 2 fully saturated rings. The van der Waals surface area contributed by atoms with E-state index < -0.39 is 0 Å². The Bertz CT molecular complexity index is 883. The summed E-state index contributed by atoms with van der Waals surface area (Å²) >= 11 is 0. The van der Waals surface area contributed by atoms with Gasteiger partial charge >= 0.3 is 6.03 Å². The molecule has 1 aromatic heterocycles. The topological polar surface area (TPSA) is 74.8 Å². The van der Waals surface area contributed by atoms with Crippen molar-refractivity contribution in [1.82, 2.24) is 20.1 Å². The molecule has 0 radical (unpaired) electrons. The molecule has 1 atom stereocenters. The molecule has 2 aromatic rings. The van der Waals surface area contributed by atoms with Gasteiger partial charge in [-0.15, -0.1) is 0 Å². The average Bonchev–Trinajstić information content (AvgIpc) is 3.37. The van der Waals surface area contributed by atoms with Gasteiger partial charge < -0.3 is 19.9 Å². The highest BCUT2D eigenvalue weighted by atomic mass is 16.5. The van der Waals surface area contributed by atoms with E-state index in [1.165, 1.54) is 0 Å². The third kappa shape index (κ3) is 5.54. The molecule has 1 N–H and O–H groups in total. The van der Waals surface area contributed by atoms with Crippen molar-refractivity contribution in [2.45, 2.75) is 38.8 Å². The zero-order valence-corrected chi connectivity index (χ0v) is 17.8. The lowest BCUT2D eigenvalue weighted by molar-refractivity contribution is -0.126. The molecule has 0 saturated carbocycles. The Balaban J connectivity index is 1.30. The predicted octanol–water partition coefficient (Wildman–Crippen LogP) is 3.20. The normalized spacial score (nSPS) is 18.6. The largest absolute Gasteiger partial charge is 0.473 e. The quantitative estimate of drug-likeness (QED) is 0.776. The first kappa shape index (κ1) is 21.2. The fourth-order valence-electron chi connectivity index (χ4n) is 4.21. The number of rotatable bonds is 6. The highest BCUT2D eigenvalue weighted by molar-refractivity contribution is 5.81. The number of hydrogen-bond donors (Lipinski definition) is 1. The fraction of sp³-hybridized carbons (Fsp3) is 0.458. The van der Waals surface area contributed by atoms with Crippen LogP contribution in [0.15, 0.2) is 48.7 Å². The van der Waals surface area contributed by atoms with Crippen molar-refractivity contribution in [1.29, 1.82) is 0 Å². The molecule has 2 aliphatic rings. The molecular weight excluding hydrogens is 392 g/mol. The number of carbonyl (C=O) groups is 2. The second kappa shape index (κ2) is 10.3. The van der Waals surface area contributed by atoms with Crippen LogP contribution < -0.4 is 10.1 Å². The van der Waals surface area contributed by atoms with E-state index in [0.29, 0.717) is 25.6 Å². The van der Waals surface area contributed by atoms with Gasteiger partial charge in [-0.2, -0.15) is 0 Å². The molecule has 3 amide bonds. The molecule has 0 aliphatic carbocycles. The number of carbonyl (C=O) groups excluding carboxylic acids is 2. The summed E-state index contributed by atoms with van der Waals surface area (Å²) < 4.78 is 5.89. The van der Waals surface area contributed by atoms with Gasteiger partial charge in [0.1, 0.15) is 6.61 Å². The van der Waals surface area contributed by atoms with E-state index in [2.05, 4.69) is 10.3 Å². The first-order valence-electron chi connectivity index (χ1n) is 11.1. The van der Waals surface area contributed by atoms with Crippen molar-refractivity contribution < 1.29 is 14.3 Å². The lowest BCUT2D eigenvalue weighted by Gasteiger charge is -2.34. The highest BCUT2D eigenvalue weighted by Gasteiger charge is 2.31. The van der Waals surface area contributed by atoms with Crippen molar-refractivity contribution in [3.05, 3.63) is 59.8 Å². The van der Waals surface area contributed by atoms with Gasteiger partial charge in [0.05, 0.1) is 5.92 Å². The summed E-state index contributed by atoms with van der Waals surface area (Å²) in [6.07, 6.45) is 5.50. The number of ether oxygens (including phenoxy) is 1. The maximum atomic E-state index is 12.8. The monoisotopic (exact) mass is 422 g/mol. The first-order valence-corrected chi connectivity index (χ1v) is 11.1. The number of likely N-dealkylation sites (tertiary alicyclic amines) is 2. The number of aromatic nitrogens is 1. The van der Waals surface area contributed by atoms with Crippen LogP contribution in [0.2, 0.25) is 0 Å². The van der Waals surface area contributed by atoms with Crippen molar-refractivity contribution in [2.24, 2.45) is 5.92 Å². The number of pyridine rings is 1. The Kier molecular flexibility index (Phi) is 7.02.